The number of aliphatic carboxylic acids is 1. The van der Waals surface area contributed by atoms with Gasteiger partial charge in [-0.25, -0.2) is 14.0 Å². The Hall–Kier alpha value is -2.88. The van der Waals surface area contributed by atoms with Crippen molar-refractivity contribution < 1.29 is 41.8 Å². The van der Waals surface area contributed by atoms with E-state index in [1.807, 2.05) is 0 Å². The summed E-state index contributed by atoms with van der Waals surface area (Å²) >= 11 is 5.68. The summed E-state index contributed by atoms with van der Waals surface area (Å²) < 4.78 is 61.1. The van der Waals surface area contributed by atoms with E-state index >= 15 is 0 Å². The zero-order valence-corrected chi connectivity index (χ0v) is 16.6. The first kappa shape index (κ1) is 23.4. The highest BCUT2D eigenvalue weighted by Crippen LogP contribution is 2.47. The predicted molar refractivity (Wildman–Crippen MR) is 96.9 cm³/mol. The molecule has 162 valence electrons. The zero-order chi connectivity index (χ0) is 23.0. The first-order chi connectivity index (χ1) is 13.8. The summed E-state index contributed by atoms with van der Waals surface area (Å²) in [5, 5.41) is 11.1. The van der Waals surface area contributed by atoms with Crippen molar-refractivity contribution >= 4 is 29.8 Å². The molecule has 11 heteroatoms. The van der Waals surface area contributed by atoms with Crippen LogP contribution in [0.4, 0.5) is 17.6 Å². The number of hydrogen-bond donors (Lipinski definition) is 2. The van der Waals surface area contributed by atoms with E-state index in [0.717, 1.165) is 0 Å². The van der Waals surface area contributed by atoms with Gasteiger partial charge in [0.05, 0.1) is 39.5 Å². The van der Waals surface area contributed by atoms with Crippen LogP contribution in [0.5, 0.6) is 0 Å². The van der Waals surface area contributed by atoms with Crippen molar-refractivity contribution in [2.24, 2.45) is 0 Å². The van der Waals surface area contributed by atoms with E-state index in [0.29, 0.717) is 12.1 Å². The minimum absolute atomic E-state index is 0.0558. The van der Waals surface area contributed by atoms with Gasteiger partial charge < -0.3 is 15.2 Å². The molecule has 1 aromatic rings. The Bertz CT molecular complexity index is 982. The lowest BCUT2D eigenvalue weighted by Crippen LogP contribution is -2.35. The summed E-state index contributed by atoms with van der Waals surface area (Å²) in [5.41, 5.74) is -5.16. The van der Waals surface area contributed by atoms with E-state index in [9.17, 15) is 37.1 Å². The smallest absolute Gasteiger partial charge is 0.418 e. The van der Waals surface area contributed by atoms with Gasteiger partial charge in [-0.1, -0.05) is 11.6 Å². The van der Waals surface area contributed by atoms with Crippen LogP contribution in [0.1, 0.15) is 37.8 Å². The lowest BCUT2D eigenvalue weighted by atomic mass is 9.78. The first-order valence-electron chi connectivity index (χ1n) is 8.47. The number of aldehydes is 1. The Morgan fingerprint density at radius 3 is 2.33 bits per heavy atom. The van der Waals surface area contributed by atoms with Gasteiger partial charge in [-0.2, -0.15) is 13.2 Å². The Morgan fingerprint density at radius 2 is 1.87 bits per heavy atom. The molecule has 0 aromatic heterocycles. The SMILES string of the molecule is CC1=C(C(=O)OC(C)C)C(c2c(F)ccc(Cl)c2C(F)(F)F)C(C(=O)O)=C(C=O)N1. The molecule has 30 heavy (non-hydrogen) atoms. The molecular weight excluding hydrogens is 434 g/mol. The number of ether oxygens (including phenoxy) is 1. The number of carbonyl (C=O) groups excluding carboxylic acids is 2. The summed E-state index contributed by atoms with van der Waals surface area (Å²) in [6.45, 7) is 4.15. The number of nitrogens with one attached hydrogen (secondary N) is 1. The largest absolute Gasteiger partial charge is 0.478 e. The fraction of sp³-hybridized carbons (Fsp3) is 0.316. The Balaban J connectivity index is 2.98. The number of carboxylic acid groups (broad SMARTS) is 1. The number of hydrogen-bond acceptors (Lipinski definition) is 5. The highest BCUT2D eigenvalue weighted by Gasteiger charge is 2.46. The summed E-state index contributed by atoms with van der Waals surface area (Å²) in [7, 11) is 0. The third kappa shape index (κ3) is 4.33. The number of esters is 1. The van der Waals surface area contributed by atoms with Crippen molar-refractivity contribution in [2.75, 3.05) is 0 Å². The number of carbonyl (C=O) groups is 3. The normalized spacial score (nSPS) is 17.2. The van der Waals surface area contributed by atoms with Crippen molar-refractivity contribution in [3.63, 3.8) is 0 Å². The summed E-state index contributed by atoms with van der Waals surface area (Å²) in [6, 6.07) is 1.29. The van der Waals surface area contributed by atoms with E-state index in [1.165, 1.54) is 20.8 Å². The summed E-state index contributed by atoms with van der Waals surface area (Å²) in [4.78, 5) is 36.0. The number of halogens is 5. The molecule has 0 bridgehead atoms. The van der Waals surface area contributed by atoms with E-state index in [-0.39, 0.29) is 12.0 Å². The second kappa shape index (κ2) is 8.47. The standard InChI is InChI=1S/C19H16ClF4NO5/c1-7(2)30-18(29)12-8(3)25-11(6-26)14(17(27)28)15(12)13-10(21)5-4-9(20)16(13)19(22,23)24/h4-7,15,25H,1-3H3,(H,27,28). The topological polar surface area (TPSA) is 92.7 Å². The lowest BCUT2D eigenvalue weighted by Gasteiger charge is -2.31. The van der Waals surface area contributed by atoms with Gasteiger partial charge in [0.2, 0.25) is 0 Å². The molecule has 0 fully saturated rings. The molecule has 0 aliphatic carbocycles. The molecule has 2 rings (SSSR count). The third-order valence-electron chi connectivity index (χ3n) is 4.22. The van der Waals surface area contributed by atoms with Gasteiger partial charge in [-0.05, 0) is 32.9 Å². The molecule has 6 nitrogen and oxygen atoms in total. The first-order valence-corrected chi connectivity index (χ1v) is 8.85. The maximum absolute atomic E-state index is 14.8. The molecule has 0 saturated carbocycles. The molecule has 2 N–H and O–H groups in total. The van der Waals surface area contributed by atoms with Gasteiger partial charge in [-0.15, -0.1) is 0 Å². The van der Waals surface area contributed by atoms with Crippen LogP contribution in [0.25, 0.3) is 0 Å². The fourth-order valence-electron chi connectivity index (χ4n) is 3.16. The quantitative estimate of drug-likeness (QED) is 0.402. The molecule has 1 aliphatic rings. The molecule has 0 amide bonds. The number of dihydropyridines is 1. The number of rotatable bonds is 5. The molecule has 1 unspecified atom stereocenters. The highest BCUT2D eigenvalue weighted by molar-refractivity contribution is 6.31. The molecular formula is C19H16ClF4NO5. The Morgan fingerprint density at radius 1 is 1.27 bits per heavy atom. The van der Waals surface area contributed by atoms with Crippen molar-refractivity contribution in [3.8, 4) is 0 Å². The number of allylic oxidation sites excluding steroid dienone is 2. The molecule has 1 aliphatic heterocycles. The van der Waals surface area contributed by atoms with Crippen LogP contribution in [-0.2, 0) is 25.3 Å². The van der Waals surface area contributed by atoms with Crippen LogP contribution in [0.2, 0.25) is 5.02 Å². The number of benzene rings is 1. The van der Waals surface area contributed by atoms with Crippen LogP contribution < -0.4 is 5.32 Å². The van der Waals surface area contributed by atoms with Crippen LogP contribution in [0.3, 0.4) is 0 Å². The van der Waals surface area contributed by atoms with Crippen LogP contribution >= 0.6 is 11.6 Å². The predicted octanol–water partition coefficient (Wildman–Crippen LogP) is 3.95. The molecule has 0 spiro atoms. The number of carboxylic acids is 1. The fourth-order valence-corrected chi connectivity index (χ4v) is 3.43. The van der Waals surface area contributed by atoms with Crippen LogP contribution in [0.15, 0.2) is 34.7 Å². The van der Waals surface area contributed by atoms with Gasteiger partial charge in [-0.3, -0.25) is 4.79 Å². The Kier molecular flexibility index (Phi) is 6.60. The Labute approximate surface area is 173 Å². The molecule has 1 heterocycles. The van der Waals surface area contributed by atoms with E-state index in [2.05, 4.69) is 5.32 Å². The third-order valence-corrected chi connectivity index (χ3v) is 4.53. The van der Waals surface area contributed by atoms with E-state index in [4.69, 9.17) is 16.3 Å². The van der Waals surface area contributed by atoms with Crippen molar-refractivity contribution in [3.05, 3.63) is 56.6 Å². The summed E-state index contributed by atoms with van der Waals surface area (Å²) in [5.74, 6) is -6.56. The minimum Gasteiger partial charge on any atom is -0.478 e. The van der Waals surface area contributed by atoms with Gasteiger partial charge >= 0.3 is 18.1 Å². The van der Waals surface area contributed by atoms with Crippen molar-refractivity contribution in [2.45, 2.75) is 39.0 Å². The number of alkyl halides is 3. The minimum atomic E-state index is -5.19. The average Bonchev–Trinajstić information content (AvgIpc) is 2.60. The van der Waals surface area contributed by atoms with E-state index < -0.39 is 68.9 Å². The average molecular weight is 450 g/mol. The van der Waals surface area contributed by atoms with Crippen LogP contribution in [-0.4, -0.2) is 29.4 Å². The lowest BCUT2D eigenvalue weighted by molar-refractivity contribution is -0.144. The maximum Gasteiger partial charge on any atom is 0.418 e. The molecule has 0 saturated heterocycles. The van der Waals surface area contributed by atoms with Gasteiger partial charge in [0.25, 0.3) is 0 Å². The zero-order valence-electron chi connectivity index (χ0n) is 15.9. The molecule has 0 radical (unpaired) electrons. The summed E-state index contributed by atoms with van der Waals surface area (Å²) in [6.07, 6.45) is -5.85. The maximum atomic E-state index is 14.8. The molecule has 1 aromatic carbocycles. The van der Waals surface area contributed by atoms with Crippen LogP contribution in [0, 0.1) is 5.82 Å². The monoisotopic (exact) mass is 449 g/mol. The molecule has 1 atom stereocenters. The van der Waals surface area contributed by atoms with E-state index in [1.54, 1.807) is 0 Å². The second-order valence-corrected chi connectivity index (χ2v) is 7.02. The van der Waals surface area contributed by atoms with Crippen molar-refractivity contribution in [1.29, 1.82) is 0 Å². The van der Waals surface area contributed by atoms with Gasteiger partial charge in [0.15, 0.2) is 6.29 Å². The second-order valence-electron chi connectivity index (χ2n) is 6.62. The van der Waals surface area contributed by atoms with Gasteiger partial charge in [0.1, 0.15) is 5.82 Å². The highest BCUT2D eigenvalue weighted by atomic mass is 35.5. The van der Waals surface area contributed by atoms with Crippen molar-refractivity contribution in [1.82, 2.24) is 5.32 Å². The van der Waals surface area contributed by atoms with Gasteiger partial charge in [0, 0.05) is 11.3 Å².